The molecule has 1 aromatic heterocycles. The molecule has 4 nitrogen and oxygen atoms in total. The second-order valence-corrected chi connectivity index (χ2v) is 5.55. The third-order valence-corrected chi connectivity index (χ3v) is 3.26. The zero-order valence-electron chi connectivity index (χ0n) is 13.1. The van der Waals surface area contributed by atoms with Gasteiger partial charge in [-0.15, -0.1) is 0 Å². The van der Waals surface area contributed by atoms with Crippen molar-refractivity contribution >= 4 is 5.97 Å². The maximum Gasteiger partial charge on any atom is 0.358 e. The van der Waals surface area contributed by atoms with Crippen LogP contribution in [0.3, 0.4) is 0 Å². The number of hydrogen-bond donors (Lipinski definition) is 0. The molecule has 0 unspecified atom stereocenters. The number of ether oxygens (including phenoxy) is 1. The summed E-state index contributed by atoms with van der Waals surface area (Å²) in [6.45, 7) is 6.56. The molecule has 0 spiro atoms. The minimum atomic E-state index is -0.379. The van der Waals surface area contributed by atoms with Crippen molar-refractivity contribution in [1.29, 1.82) is 0 Å². The Kier molecular flexibility index (Phi) is 4.78. The SMILES string of the molecule is CCOC(=O)c1cc(-c2ccc(CC(C)C)cc2)n(C)n1. The second kappa shape index (κ2) is 6.57. The number of hydrogen-bond acceptors (Lipinski definition) is 3. The Labute approximate surface area is 125 Å². The molecule has 21 heavy (non-hydrogen) atoms. The topological polar surface area (TPSA) is 44.1 Å². The van der Waals surface area contributed by atoms with E-state index in [9.17, 15) is 4.79 Å². The molecule has 0 fully saturated rings. The van der Waals surface area contributed by atoms with Crippen LogP contribution in [-0.2, 0) is 18.2 Å². The highest BCUT2D eigenvalue weighted by Crippen LogP contribution is 2.21. The van der Waals surface area contributed by atoms with Gasteiger partial charge in [-0.3, -0.25) is 4.68 Å². The van der Waals surface area contributed by atoms with Crippen LogP contribution in [0.5, 0.6) is 0 Å². The van der Waals surface area contributed by atoms with Crippen LogP contribution in [0.2, 0.25) is 0 Å². The highest BCUT2D eigenvalue weighted by atomic mass is 16.5. The zero-order chi connectivity index (χ0) is 15.4. The fourth-order valence-electron chi connectivity index (χ4n) is 2.33. The third-order valence-electron chi connectivity index (χ3n) is 3.26. The number of esters is 1. The van der Waals surface area contributed by atoms with E-state index >= 15 is 0 Å². The minimum absolute atomic E-state index is 0.348. The summed E-state index contributed by atoms with van der Waals surface area (Å²) >= 11 is 0. The number of carbonyl (C=O) groups is 1. The lowest BCUT2D eigenvalue weighted by atomic mass is 10.0. The summed E-state index contributed by atoms with van der Waals surface area (Å²) in [6.07, 6.45) is 1.07. The van der Waals surface area contributed by atoms with E-state index in [-0.39, 0.29) is 5.97 Å². The molecular formula is C17H22N2O2. The van der Waals surface area contributed by atoms with Crippen LogP contribution in [0.25, 0.3) is 11.3 Å². The van der Waals surface area contributed by atoms with E-state index in [1.807, 2.05) is 7.05 Å². The number of benzene rings is 1. The van der Waals surface area contributed by atoms with E-state index in [2.05, 4.69) is 43.2 Å². The van der Waals surface area contributed by atoms with Crippen LogP contribution in [0.15, 0.2) is 30.3 Å². The van der Waals surface area contributed by atoms with Gasteiger partial charge < -0.3 is 4.74 Å². The molecule has 4 heteroatoms. The fraction of sp³-hybridized carbons (Fsp3) is 0.412. The van der Waals surface area contributed by atoms with Crippen molar-refractivity contribution in [3.8, 4) is 11.3 Å². The number of aromatic nitrogens is 2. The van der Waals surface area contributed by atoms with Crippen LogP contribution < -0.4 is 0 Å². The molecule has 0 aliphatic heterocycles. The standard InChI is InChI=1S/C17H22N2O2/c1-5-21-17(20)15-11-16(19(4)18-15)14-8-6-13(7-9-14)10-12(2)3/h6-9,11-12H,5,10H2,1-4H3. The highest BCUT2D eigenvalue weighted by Gasteiger charge is 2.14. The average molecular weight is 286 g/mol. The molecule has 0 aliphatic rings. The van der Waals surface area contributed by atoms with Gasteiger partial charge in [0.05, 0.1) is 12.3 Å². The van der Waals surface area contributed by atoms with Crippen LogP contribution in [0.4, 0.5) is 0 Å². The summed E-state index contributed by atoms with van der Waals surface area (Å²) in [6, 6.07) is 10.2. The first-order valence-electron chi connectivity index (χ1n) is 7.31. The van der Waals surface area contributed by atoms with Crippen molar-refractivity contribution in [2.24, 2.45) is 13.0 Å². The summed E-state index contributed by atoms with van der Waals surface area (Å²) in [5.41, 5.74) is 3.63. The Morgan fingerprint density at radius 3 is 2.52 bits per heavy atom. The van der Waals surface area contributed by atoms with Gasteiger partial charge in [0.2, 0.25) is 0 Å². The lowest BCUT2D eigenvalue weighted by Gasteiger charge is -2.06. The number of carbonyl (C=O) groups excluding carboxylic acids is 1. The fourth-order valence-corrected chi connectivity index (χ4v) is 2.33. The third kappa shape index (κ3) is 3.72. The molecule has 0 N–H and O–H groups in total. The van der Waals surface area contributed by atoms with Crippen molar-refractivity contribution in [2.75, 3.05) is 6.61 Å². The molecule has 0 saturated heterocycles. The van der Waals surface area contributed by atoms with Gasteiger partial charge >= 0.3 is 5.97 Å². The lowest BCUT2D eigenvalue weighted by Crippen LogP contribution is -2.05. The van der Waals surface area contributed by atoms with Crippen molar-refractivity contribution in [3.05, 3.63) is 41.6 Å². The van der Waals surface area contributed by atoms with E-state index < -0.39 is 0 Å². The Morgan fingerprint density at radius 1 is 1.29 bits per heavy atom. The van der Waals surface area contributed by atoms with Crippen molar-refractivity contribution in [2.45, 2.75) is 27.2 Å². The molecule has 0 aliphatic carbocycles. The first-order valence-corrected chi connectivity index (χ1v) is 7.31. The largest absolute Gasteiger partial charge is 0.461 e. The molecule has 0 amide bonds. The molecule has 1 aromatic carbocycles. The van der Waals surface area contributed by atoms with Gasteiger partial charge in [-0.2, -0.15) is 5.10 Å². The van der Waals surface area contributed by atoms with E-state index in [1.54, 1.807) is 17.7 Å². The number of rotatable bonds is 5. The first-order chi connectivity index (χ1) is 10.0. The predicted molar refractivity (Wildman–Crippen MR) is 83.1 cm³/mol. The monoisotopic (exact) mass is 286 g/mol. The van der Waals surface area contributed by atoms with Gasteiger partial charge in [0.1, 0.15) is 0 Å². The Balaban J connectivity index is 2.23. The Morgan fingerprint density at radius 2 is 1.95 bits per heavy atom. The van der Waals surface area contributed by atoms with Crippen LogP contribution in [-0.4, -0.2) is 22.4 Å². The predicted octanol–water partition coefficient (Wildman–Crippen LogP) is 3.46. The zero-order valence-corrected chi connectivity index (χ0v) is 13.1. The average Bonchev–Trinajstić information content (AvgIpc) is 2.81. The van der Waals surface area contributed by atoms with Gasteiger partial charge in [-0.05, 0) is 36.5 Å². The molecule has 0 bridgehead atoms. The maximum atomic E-state index is 11.7. The molecule has 2 aromatic rings. The molecule has 112 valence electrons. The Hall–Kier alpha value is -2.10. The van der Waals surface area contributed by atoms with Crippen molar-refractivity contribution in [1.82, 2.24) is 9.78 Å². The van der Waals surface area contributed by atoms with Gasteiger partial charge in [0.25, 0.3) is 0 Å². The van der Waals surface area contributed by atoms with E-state index in [1.165, 1.54) is 5.56 Å². The summed E-state index contributed by atoms with van der Waals surface area (Å²) in [7, 11) is 1.83. The maximum absolute atomic E-state index is 11.7. The quantitative estimate of drug-likeness (QED) is 0.791. The Bertz CT molecular complexity index is 612. The first kappa shape index (κ1) is 15.3. The van der Waals surface area contributed by atoms with Crippen molar-refractivity contribution < 1.29 is 9.53 Å². The molecule has 1 heterocycles. The molecule has 0 radical (unpaired) electrons. The van der Waals surface area contributed by atoms with E-state index in [4.69, 9.17) is 4.74 Å². The molecule has 2 rings (SSSR count). The van der Waals surface area contributed by atoms with E-state index in [0.29, 0.717) is 18.2 Å². The lowest BCUT2D eigenvalue weighted by molar-refractivity contribution is 0.0518. The summed E-state index contributed by atoms with van der Waals surface area (Å²) < 4.78 is 6.69. The molecule has 0 atom stereocenters. The smallest absolute Gasteiger partial charge is 0.358 e. The van der Waals surface area contributed by atoms with Crippen LogP contribution in [0, 0.1) is 5.92 Å². The number of nitrogens with zero attached hydrogens (tertiary/aromatic N) is 2. The van der Waals surface area contributed by atoms with Gasteiger partial charge in [-0.1, -0.05) is 38.1 Å². The van der Waals surface area contributed by atoms with Crippen LogP contribution in [0.1, 0.15) is 36.8 Å². The second-order valence-electron chi connectivity index (χ2n) is 5.55. The molecular weight excluding hydrogens is 264 g/mol. The van der Waals surface area contributed by atoms with Gasteiger partial charge in [0.15, 0.2) is 5.69 Å². The van der Waals surface area contributed by atoms with E-state index in [0.717, 1.165) is 17.7 Å². The highest BCUT2D eigenvalue weighted by molar-refractivity contribution is 5.88. The summed E-state index contributed by atoms with van der Waals surface area (Å²) in [5.74, 6) is 0.263. The summed E-state index contributed by atoms with van der Waals surface area (Å²) in [4.78, 5) is 11.7. The van der Waals surface area contributed by atoms with Gasteiger partial charge in [0, 0.05) is 7.05 Å². The van der Waals surface area contributed by atoms with Gasteiger partial charge in [-0.25, -0.2) is 4.79 Å². The summed E-state index contributed by atoms with van der Waals surface area (Å²) in [5, 5.41) is 4.22. The normalized spacial score (nSPS) is 10.9. The van der Waals surface area contributed by atoms with Crippen LogP contribution >= 0.6 is 0 Å². The van der Waals surface area contributed by atoms with Crippen molar-refractivity contribution in [3.63, 3.8) is 0 Å². The minimum Gasteiger partial charge on any atom is -0.461 e. The number of aryl methyl sites for hydroxylation is 1. The molecule has 0 saturated carbocycles.